The van der Waals surface area contributed by atoms with Gasteiger partial charge in [0.1, 0.15) is 0 Å². The number of nitrogens with two attached hydrogens (primary N) is 1. The molecule has 0 spiro atoms. The van der Waals surface area contributed by atoms with E-state index in [-0.39, 0.29) is 17.9 Å². The third-order valence-corrected chi connectivity index (χ3v) is 5.07. The molecule has 2 rings (SSSR count). The van der Waals surface area contributed by atoms with Crippen LogP contribution in [0.5, 0.6) is 0 Å². The molecule has 1 aliphatic rings. The quantitative estimate of drug-likeness (QED) is 0.907. The fourth-order valence-corrected chi connectivity index (χ4v) is 3.27. The lowest BCUT2D eigenvalue weighted by molar-refractivity contribution is -0.133. The molecule has 1 aromatic rings. The fourth-order valence-electron chi connectivity index (χ4n) is 3.27. The van der Waals surface area contributed by atoms with Crippen LogP contribution in [-0.2, 0) is 11.2 Å². The number of likely N-dealkylation sites (tertiary alicyclic amines) is 1. The van der Waals surface area contributed by atoms with Gasteiger partial charge in [-0.3, -0.25) is 4.79 Å². The SMILES string of the molecule is CCc1ccc(C(C)CC(=O)N2CCC(C(C)N)CC2)cc1. The molecule has 0 radical (unpaired) electrons. The van der Waals surface area contributed by atoms with Gasteiger partial charge in [0.2, 0.25) is 5.91 Å². The molecule has 2 unspecified atom stereocenters. The molecule has 2 N–H and O–H groups in total. The van der Waals surface area contributed by atoms with Crippen LogP contribution in [0.25, 0.3) is 0 Å². The zero-order chi connectivity index (χ0) is 16.1. The average Bonchev–Trinajstić information content (AvgIpc) is 2.54. The van der Waals surface area contributed by atoms with Crippen LogP contribution in [0.4, 0.5) is 0 Å². The van der Waals surface area contributed by atoms with E-state index in [1.54, 1.807) is 0 Å². The van der Waals surface area contributed by atoms with Crippen molar-refractivity contribution in [2.24, 2.45) is 11.7 Å². The minimum Gasteiger partial charge on any atom is -0.343 e. The number of hydrogen-bond acceptors (Lipinski definition) is 2. The van der Waals surface area contributed by atoms with E-state index >= 15 is 0 Å². The van der Waals surface area contributed by atoms with Gasteiger partial charge in [-0.2, -0.15) is 0 Å². The van der Waals surface area contributed by atoms with Crippen LogP contribution in [-0.4, -0.2) is 29.9 Å². The van der Waals surface area contributed by atoms with Crippen LogP contribution in [0.1, 0.15) is 57.1 Å². The van der Waals surface area contributed by atoms with E-state index in [1.165, 1.54) is 11.1 Å². The lowest BCUT2D eigenvalue weighted by Crippen LogP contribution is -2.42. The van der Waals surface area contributed by atoms with Crippen LogP contribution >= 0.6 is 0 Å². The van der Waals surface area contributed by atoms with Crippen molar-refractivity contribution in [3.05, 3.63) is 35.4 Å². The third-order valence-electron chi connectivity index (χ3n) is 5.07. The van der Waals surface area contributed by atoms with Crippen molar-refractivity contribution in [1.29, 1.82) is 0 Å². The van der Waals surface area contributed by atoms with E-state index in [2.05, 4.69) is 45.0 Å². The largest absolute Gasteiger partial charge is 0.343 e. The maximum Gasteiger partial charge on any atom is 0.223 e. The van der Waals surface area contributed by atoms with E-state index in [0.29, 0.717) is 12.3 Å². The second-order valence-electron chi connectivity index (χ2n) is 6.78. The van der Waals surface area contributed by atoms with Crippen LogP contribution in [0.15, 0.2) is 24.3 Å². The molecule has 1 aromatic carbocycles. The summed E-state index contributed by atoms with van der Waals surface area (Å²) in [5.41, 5.74) is 8.57. The van der Waals surface area contributed by atoms with Crippen molar-refractivity contribution in [3.8, 4) is 0 Å². The van der Waals surface area contributed by atoms with E-state index in [4.69, 9.17) is 5.73 Å². The van der Waals surface area contributed by atoms with Gasteiger partial charge < -0.3 is 10.6 Å². The molecule has 2 atom stereocenters. The monoisotopic (exact) mass is 302 g/mol. The highest BCUT2D eigenvalue weighted by atomic mass is 16.2. The van der Waals surface area contributed by atoms with Crippen molar-refractivity contribution in [3.63, 3.8) is 0 Å². The summed E-state index contributed by atoms with van der Waals surface area (Å²) >= 11 is 0. The normalized spacial score (nSPS) is 19.0. The Labute approximate surface area is 134 Å². The molecular formula is C19H30N2O. The number of aryl methyl sites for hydroxylation is 1. The number of nitrogens with zero attached hydrogens (tertiary/aromatic N) is 1. The molecule has 0 aromatic heterocycles. The molecule has 122 valence electrons. The van der Waals surface area contributed by atoms with E-state index < -0.39 is 0 Å². The second kappa shape index (κ2) is 7.77. The van der Waals surface area contributed by atoms with Gasteiger partial charge in [0.25, 0.3) is 0 Å². The highest BCUT2D eigenvalue weighted by molar-refractivity contribution is 5.77. The van der Waals surface area contributed by atoms with Gasteiger partial charge in [0.15, 0.2) is 0 Å². The first-order valence-corrected chi connectivity index (χ1v) is 8.63. The highest BCUT2D eigenvalue weighted by Crippen LogP contribution is 2.24. The molecule has 1 saturated heterocycles. The Hall–Kier alpha value is -1.35. The van der Waals surface area contributed by atoms with Crippen LogP contribution in [0.2, 0.25) is 0 Å². The summed E-state index contributed by atoms with van der Waals surface area (Å²) in [4.78, 5) is 14.5. The smallest absolute Gasteiger partial charge is 0.223 e. The van der Waals surface area contributed by atoms with E-state index in [1.807, 2.05) is 4.90 Å². The molecule has 3 nitrogen and oxygen atoms in total. The Bertz CT molecular complexity index is 473. The minimum atomic E-state index is 0.244. The lowest BCUT2D eigenvalue weighted by atomic mass is 9.90. The third kappa shape index (κ3) is 4.33. The summed E-state index contributed by atoms with van der Waals surface area (Å²) < 4.78 is 0. The van der Waals surface area contributed by atoms with Gasteiger partial charge in [-0.1, -0.05) is 38.1 Å². The maximum atomic E-state index is 12.5. The standard InChI is InChI=1S/C19H30N2O/c1-4-16-5-7-17(8-6-16)14(2)13-19(22)21-11-9-18(10-12-21)15(3)20/h5-8,14-15,18H,4,9-13,20H2,1-3H3. The molecule has 3 heteroatoms. The lowest BCUT2D eigenvalue weighted by Gasteiger charge is -2.34. The number of piperidine rings is 1. The van der Waals surface area contributed by atoms with Crippen LogP contribution < -0.4 is 5.73 Å². The summed E-state index contributed by atoms with van der Waals surface area (Å²) in [5, 5.41) is 0. The van der Waals surface area contributed by atoms with Crippen molar-refractivity contribution >= 4 is 5.91 Å². The number of carbonyl (C=O) groups is 1. The Morgan fingerprint density at radius 2 is 1.82 bits per heavy atom. The van der Waals surface area contributed by atoms with Gasteiger partial charge >= 0.3 is 0 Å². The molecule has 0 bridgehead atoms. The first-order chi connectivity index (χ1) is 10.5. The van der Waals surface area contributed by atoms with Gasteiger partial charge in [0, 0.05) is 25.6 Å². The van der Waals surface area contributed by atoms with E-state index in [9.17, 15) is 4.79 Å². The number of benzene rings is 1. The Kier molecular flexibility index (Phi) is 6.01. The summed E-state index contributed by atoms with van der Waals surface area (Å²) in [6.45, 7) is 8.12. The Morgan fingerprint density at radius 1 is 1.23 bits per heavy atom. The average molecular weight is 302 g/mol. The summed E-state index contributed by atoms with van der Waals surface area (Å²) in [7, 11) is 0. The number of rotatable bonds is 5. The predicted octanol–water partition coefficient (Wildman–Crippen LogP) is 3.33. The fraction of sp³-hybridized carbons (Fsp3) is 0.632. The molecule has 1 fully saturated rings. The molecule has 1 heterocycles. The maximum absolute atomic E-state index is 12.5. The second-order valence-corrected chi connectivity index (χ2v) is 6.78. The summed E-state index contributed by atoms with van der Waals surface area (Å²) in [6.07, 6.45) is 3.75. The number of carbonyl (C=O) groups excluding carboxylic acids is 1. The van der Waals surface area contributed by atoms with Crippen molar-refractivity contribution in [2.75, 3.05) is 13.1 Å². The number of hydrogen-bond donors (Lipinski definition) is 1. The van der Waals surface area contributed by atoms with Crippen molar-refractivity contribution in [1.82, 2.24) is 4.90 Å². The first kappa shape index (κ1) is 17.0. The summed E-state index contributed by atoms with van der Waals surface area (Å²) in [5.74, 6) is 1.14. The van der Waals surface area contributed by atoms with Crippen molar-refractivity contribution in [2.45, 2.75) is 58.4 Å². The zero-order valence-corrected chi connectivity index (χ0v) is 14.2. The highest BCUT2D eigenvalue weighted by Gasteiger charge is 2.25. The van der Waals surface area contributed by atoms with E-state index in [0.717, 1.165) is 32.4 Å². The first-order valence-electron chi connectivity index (χ1n) is 8.63. The predicted molar refractivity (Wildman–Crippen MR) is 91.8 cm³/mol. The van der Waals surface area contributed by atoms with Crippen LogP contribution in [0, 0.1) is 5.92 Å². The van der Waals surface area contributed by atoms with Crippen molar-refractivity contribution < 1.29 is 4.79 Å². The molecule has 0 saturated carbocycles. The number of amides is 1. The minimum absolute atomic E-state index is 0.244. The van der Waals surface area contributed by atoms with Crippen LogP contribution in [0.3, 0.4) is 0 Å². The Morgan fingerprint density at radius 3 is 2.32 bits per heavy atom. The molecule has 22 heavy (non-hydrogen) atoms. The molecular weight excluding hydrogens is 272 g/mol. The zero-order valence-electron chi connectivity index (χ0n) is 14.2. The van der Waals surface area contributed by atoms with Gasteiger partial charge in [-0.05, 0) is 49.1 Å². The van der Waals surface area contributed by atoms with Gasteiger partial charge in [-0.15, -0.1) is 0 Å². The topological polar surface area (TPSA) is 46.3 Å². The molecule has 1 amide bonds. The molecule has 1 aliphatic heterocycles. The summed E-state index contributed by atoms with van der Waals surface area (Å²) in [6, 6.07) is 8.92. The Balaban J connectivity index is 1.86. The molecule has 0 aliphatic carbocycles. The van der Waals surface area contributed by atoms with Gasteiger partial charge in [-0.25, -0.2) is 0 Å². The van der Waals surface area contributed by atoms with Gasteiger partial charge in [0.05, 0.1) is 0 Å².